The Morgan fingerprint density at radius 3 is 2.38 bits per heavy atom. The molecule has 4 heteroatoms. The molecule has 0 bridgehead atoms. The average Bonchev–Trinajstić information content (AvgIpc) is 2.35. The van der Waals surface area contributed by atoms with Crippen LogP contribution in [0.25, 0.3) is 5.57 Å². The number of benzene rings is 1. The van der Waals surface area contributed by atoms with Crippen molar-refractivity contribution in [2.75, 3.05) is 7.11 Å². The first-order valence-electron chi connectivity index (χ1n) is 6.95. The fourth-order valence-corrected chi connectivity index (χ4v) is 3.37. The monoisotopic (exact) mass is 292 g/mol. The van der Waals surface area contributed by atoms with Crippen LogP contribution in [0.2, 0.25) is 0 Å². The first-order chi connectivity index (χ1) is 9.66. The maximum absolute atomic E-state index is 13.1. The first kappa shape index (κ1) is 15.7. The Morgan fingerprint density at radius 1 is 1.29 bits per heavy atom. The smallest absolute Gasteiger partial charge is 0.313 e. The molecule has 0 fully saturated rings. The highest BCUT2D eigenvalue weighted by atomic mass is 19.1. The molecule has 1 aliphatic carbocycles. The lowest BCUT2D eigenvalue weighted by molar-refractivity contribution is -0.148. The summed E-state index contributed by atoms with van der Waals surface area (Å²) in [7, 11) is 1.35. The predicted molar refractivity (Wildman–Crippen MR) is 78.9 cm³/mol. The lowest BCUT2D eigenvalue weighted by atomic mass is 9.63. The molecule has 0 radical (unpaired) electrons. The van der Waals surface area contributed by atoms with Gasteiger partial charge in [0, 0.05) is 0 Å². The zero-order valence-corrected chi connectivity index (χ0v) is 12.8. The predicted octanol–water partition coefficient (Wildman–Crippen LogP) is 3.18. The van der Waals surface area contributed by atoms with Crippen LogP contribution in [0.5, 0.6) is 0 Å². The van der Waals surface area contributed by atoms with E-state index in [9.17, 15) is 14.3 Å². The van der Waals surface area contributed by atoms with Crippen molar-refractivity contribution < 1.29 is 19.0 Å². The summed E-state index contributed by atoms with van der Waals surface area (Å²) in [6, 6.07) is 5.94. The fraction of sp³-hybridized carbons (Fsp3) is 0.471. The summed E-state index contributed by atoms with van der Waals surface area (Å²) in [5.74, 6) is -1.17. The van der Waals surface area contributed by atoms with Gasteiger partial charge in [0.1, 0.15) is 5.82 Å². The number of rotatable bonds is 2. The Kier molecular flexibility index (Phi) is 3.93. The molecule has 0 spiro atoms. The third kappa shape index (κ3) is 3.16. The number of carbonyl (C=O) groups is 1. The zero-order valence-electron chi connectivity index (χ0n) is 12.8. The van der Waals surface area contributed by atoms with E-state index in [2.05, 4.69) is 0 Å². The van der Waals surface area contributed by atoms with E-state index in [1.54, 1.807) is 25.1 Å². The molecule has 21 heavy (non-hydrogen) atoms. The number of hydrogen-bond acceptors (Lipinski definition) is 3. The highest BCUT2D eigenvalue weighted by Gasteiger charge is 2.46. The van der Waals surface area contributed by atoms with Crippen molar-refractivity contribution >= 4 is 11.5 Å². The molecule has 2 atom stereocenters. The van der Waals surface area contributed by atoms with E-state index in [1.165, 1.54) is 19.2 Å². The van der Waals surface area contributed by atoms with Crippen LogP contribution in [-0.2, 0) is 9.53 Å². The van der Waals surface area contributed by atoms with Gasteiger partial charge in [-0.3, -0.25) is 4.79 Å². The number of hydrogen-bond donors (Lipinski definition) is 1. The molecule has 0 saturated carbocycles. The van der Waals surface area contributed by atoms with Gasteiger partial charge >= 0.3 is 5.97 Å². The number of carbonyl (C=O) groups excluding carboxylic acids is 1. The van der Waals surface area contributed by atoms with E-state index in [0.29, 0.717) is 12.0 Å². The van der Waals surface area contributed by atoms with Gasteiger partial charge in [-0.25, -0.2) is 4.39 Å². The number of halogens is 1. The van der Waals surface area contributed by atoms with E-state index >= 15 is 0 Å². The van der Waals surface area contributed by atoms with Gasteiger partial charge in [0.2, 0.25) is 0 Å². The van der Waals surface area contributed by atoms with Crippen molar-refractivity contribution in [1.82, 2.24) is 0 Å². The quantitative estimate of drug-likeness (QED) is 0.852. The lowest BCUT2D eigenvalue weighted by Crippen LogP contribution is -2.43. The Morgan fingerprint density at radius 2 is 1.86 bits per heavy atom. The topological polar surface area (TPSA) is 46.5 Å². The number of ether oxygens (including phenoxy) is 1. The molecule has 1 N–H and O–H groups in total. The Labute approximate surface area is 124 Å². The van der Waals surface area contributed by atoms with E-state index in [0.717, 1.165) is 5.56 Å². The summed E-state index contributed by atoms with van der Waals surface area (Å²) in [4.78, 5) is 12.2. The van der Waals surface area contributed by atoms with Crippen LogP contribution in [-0.4, -0.2) is 23.8 Å². The first-order valence-corrected chi connectivity index (χ1v) is 6.95. The second-order valence-corrected chi connectivity index (χ2v) is 6.59. The summed E-state index contributed by atoms with van der Waals surface area (Å²) in [5.41, 5.74) is -0.0739. The molecule has 0 saturated heterocycles. The van der Waals surface area contributed by atoms with Crippen molar-refractivity contribution in [2.45, 2.75) is 32.8 Å². The Bertz CT molecular complexity index is 570. The molecule has 1 aliphatic rings. The van der Waals surface area contributed by atoms with Gasteiger partial charge in [-0.05, 0) is 48.1 Å². The van der Waals surface area contributed by atoms with E-state index in [1.807, 2.05) is 13.8 Å². The molecule has 1 aromatic carbocycles. The van der Waals surface area contributed by atoms with Crippen LogP contribution in [0.4, 0.5) is 4.39 Å². The van der Waals surface area contributed by atoms with E-state index < -0.39 is 16.9 Å². The van der Waals surface area contributed by atoms with Gasteiger partial charge in [0.05, 0.1) is 18.6 Å². The van der Waals surface area contributed by atoms with Crippen molar-refractivity contribution in [3.05, 3.63) is 41.7 Å². The molecule has 1 aromatic rings. The molecule has 0 aromatic heterocycles. The van der Waals surface area contributed by atoms with Crippen molar-refractivity contribution in [1.29, 1.82) is 0 Å². The largest absolute Gasteiger partial charge is 0.469 e. The second-order valence-electron chi connectivity index (χ2n) is 6.59. The zero-order chi connectivity index (χ0) is 15.8. The highest BCUT2D eigenvalue weighted by molar-refractivity contribution is 5.90. The van der Waals surface area contributed by atoms with Crippen molar-refractivity contribution in [3.63, 3.8) is 0 Å². The molecule has 3 nitrogen and oxygen atoms in total. The molecule has 0 aliphatic heterocycles. The highest BCUT2D eigenvalue weighted by Crippen LogP contribution is 2.48. The van der Waals surface area contributed by atoms with Crippen LogP contribution in [0, 0.1) is 17.2 Å². The molecular formula is C17H21FO3. The van der Waals surface area contributed by atoms with Crippen LogP contribution in [0.15, 0.2) is 30.3 Å². The SMILES string of the molecule is COC(=O)C1C(c2ccc(F)cc2)=CC(C)(O)CC1(C)C. The molecule has 2 rings (SSSR count). The number of methoxy groups -OCH3 is 1. The third-order valence-corrected chi connectivity index (χ3v) is 3.99. The fourth-order valence-electron chi connectivity index (χ4n) is 3.37. The minimum atomic E-state index is -1.02. The Balaban J connectivity index is 2.58. The summed E-state index contributed by atoms with van der Waals surface area (Å²) in [6.45, 7) is 5.57. The minimum absolute atomic E-state index is 0.337. The van der Waals surface area contributed by atoms with Gasteiger partial charge in [0.25, 0.3) is 0 Å². The van der Waals surface area contributed by atoms with Gasteiger partial charge in [-0.2, -0.15) is 0 Å². The summed E-state index contributed by atoms with van der Waals surface area (Å²) in [6.07, 6.45) is 2.14. The van der Waals surface area contributed by atoms with Gasteiger partial charge < -0.3 is 9.84 Å². The van der Waals surface area contributed by atoms with Crippen LogP contribution in [0.1, 0.15) is 32.8 Å². The molecule has 0 heterocycles. The molecule has 114 valence electrons. The third-order valence-electron chi connectivity index (χ3n) is 3.99. The van der Waals surface area contributed by atoms with Crippen molar-refractivity contribution in [2.24, 2.45) is 11.3 Å². The average molecular weight is 292 g/mol. The minimum Gasteiger partial charge on any atom is -0.469 e. The van der Waals surface area contributed by atoms with Crippen LogP contribution in [0.3, 0.4) is 0 Å². The van der Waals surface area contributed by atoms with Gasteiger partial charge in [0.15, 0.2) is 0 Å². The Hall–Kier alpha value is -1.68. The normalized spacial score (nSPS) is 27.9. The standard InChI is InChI=1S/C17H21FO3/c1-16(2)10-17(3,20)9-13(14(16)15(19)21-4)11-5-7-12(18)8-6-11/h5-9,14,20H,10H2,1-4H3. The molecule has 2 unspecified atom stereocenters. The molecular weight excluding hydrogens is 271 g/mol. The lowest BCUT2D eigenvalue weighted by Gasteiger charge is -2.43. The summed E-state index contributed by atoms with van der Waals surface area (Å²) < 4.78 is 18.1. The maximum Gasteiger partial charge on any atom is 0.313 e. The van der Waals surface area contributed by atoms with E-state index in [4.69, 9.17) is 4.74 Å². The maximum atomic E-state index is 13.1. The molecule has 0 amide bonds. The van der Waals surface area contributed by atoms with Gasteiger partial charge in [-0.1, -0.05) is 26.0 Å². The second kappa shape index (κ2) is 5.26. The number of esters is 1. The van der Waals surface area contributed by atoms with E-state index in [-0.39, 0.29) is 11.8 Å². The van der Waals surface area contributed by atoms with Crippen LogP contribution >= 0.6 is 0 Å². The summed E-state index contributed by atoms with van der Waals surface area (Å²) >= 11 is 0. The number of aliphatic hydroxyl groups is 1. The van der Waals surface area contributed by atoms with Crippen molar-refractivity contribution in [3.8, 4) is 0 Å². The van der Waals surface area contributed by atoms with Crippen LogP contribution < -0.4 is 0 Å². The van der Waals surface area contributed by atoms with Gasteiger partial charge in [-0.15, -0.1) is 0 Å². The summed E-state index contributed by atoms with van der Waals surface area (Å²) in [5, 5.41) is 10.5.